The van der Waals surface area contributed by atoms with Crippen molar-refractivity contribution in [2.24, 2.45) is 0 Å². The van der Waals surface area contributed by atoms with Crippen LogP contribution < -0.4 is 4.74 Å². The van der Waals surface area contributed by atoms with Crippen LogP contribution in [-0.4, -0.2) is 48.1 Å². The van der Waals surface area contributed by atoms with Crippen molar-refractivity contribution in [2.75, 3.05) is 20.3 Å². The Morgan fingerprint density at radius 3 is 2.00 bits per heavy atom. The lowest BCUT2D eigenvalue weighted by Gasteiger charge is -2.27. The minimum Gasteiger partial charge on any atom is -0.497 e. The lowest BCUT2D eigenvalue weighted by Crippen LogP contribution is -2.44. The lowest BCUT2D eigenvalue weighted by molar-refractivity contribution is -0.150. The molecule has 0 atom stereocenters. The van der Waals surface area contributed by atoms with Crippen LogP contribution in [-0.2, 0) is 6.54 Å². The van der Waals surface area contributed by atoms with E-state index in [0.717, 1.165) is 9.80 Å². The molecule has 3 rings (SSSR count). The summed E-state index contributed by atoms with van der Waals surface area (Å²) < 4.78 is 44.1. The first kappa shape index (κ1) is 18.9. The van der Waals surface area contributed by atoms with Gasteiger partial charge in [-0.2, -0.15) is 13.2 Å². The van der Waals surface area contributed by atoms with Crippen molar-refractivity contribution in [3.8, 4) is 5.75 Å². The number of amides is 2. The summed E-state index contributed by atoms with van der Waals surface area (Å²) in [6.07, 6.45) is -4.47. The van der Waals surface area contributed by atoms with Gasteiger partial charge in [-0.3, -0.25) is 19.4 Å². The first-order chi connectivity index (χ1) is 12.8. The Kier molecular flexibility index (Phi) is 5.18. The molecule has 0 spiro atoms. The fraction of sp³-hybridized carbons (Fsp3) is 0.263. The van der Waals surface area contributed by atoms with E-state index in [1.54, 1.807) is 36.4 Å². The number of imide groups is 1. The van der Waals surface area contributed by atoms with E-state index in [4.69, 9.17) is 4.74 Å². The van der Waals surface area contributed by atoms with Gasteiger partial charge in [-0.1, -0.05) is 24.3 Å². The van der Waals surface area contributed by atoms with Gasteiger partial charge in [-0.05, 0) is 29.8 Å². The maximum atomic E-state index is 13.0. The predicted molar refractivity (Wildman–Crippen MR) is 91.3 cm³/mol. The molecule has 8 heteroatoms. The van der Waals surface area contributed by atoms with Crippen LogP contribution in [0.2, 0.25) is 0 Å². The molecule has 1 heterocycles. The fourth-order valence-corrected chi connectivity index (χ4v) is 2.97. The second-order valence-electron chi connectivity index (χ2n) is 6.18. The van der Waals surface area contributed by atoms with Crippen LogP contribution in [0.3, 0.4) is 0 Å². The number of ether oxygens (including phenoxy) is 1. The molecule has 0 aliphatic carbocycles. The van der Waals surface area contributed by atoms with Crippen LogP contribution in [0.25, 0.3) is 0 Å². The molecular weight excluding hydrogens is 361 g/mol. The van der Waals surface area contributed by atoms with Crippen molar-refractivity contribution in [1.29, 1.82) is 0 Å². The van der Waals surface area contributed by atoms with Gasteiger partial charge >= 0.3 is 6.18 Å². The Labute approximate surface area is 153 Å². The third-order valence-corrected chi connectivity index (χ3v) is 4.19. The molecule has 0 fully saturated rings. The van der Waals surface area contributed by atoms with Crippen LogP contribution in [0.1, 0.15) is 26.3 Å². The highest BCUT2D eigenvalue weighted by Gasteiger charge is 2.38. The number of hydrogen-bond donors (Lipinski definition) is 0. The lowest BCUT2D eigenvalue weighted by atomic mass is 10.1. The van der Waals surface area contributed by atoms with Gasteiger partial charge in [0.05, 0.1) is 31.5 Å². The van der Waals surface area contributed by atoms with Gasteiger partial charge in [-0.25, -0.2) is 0 Å². The number of halogens is 3. The molecule has 0 aromatic heterocycles. The molecule has 0 saturated heterocycles. The maximum Gasteiger partial charge on any atom is 0.401 e. The van der Waals surface area contributed by atoms with Gasteiger partial charge in [0, 0.05) is 6.54 Å². The van der Waals surface area contributed by atoms with E-state index in [-0.39, 0.29) is 17.7 Å². The van der Waals surface area contributed by atoms with E-state index in [2.05, 4.69) is 0 Å². The number of alkyl halides is 3. The molecule has 0 radical (unpaired) electrons. The Morgan fingerprint density at radius 1 is 0.963 bits per heavy atom. The Balaban J connectivity index is 1.79. The predicted octanol–water partition coefficient (Wildman–Crippen LogP) is 3.31. The first-order valence-corrected chi connectivity index (χ1v) is 8.16. The summed E-state index contributed by atoms with van der Waals surface area (Å²) in [6, 6.07) is 12.8. The summed E-state index contributed by atoms with van der Waals surface area (Å²) in [4.78, 5) is 26.7. The number of hydrogen-bond acceptors (Lipinski definition) is 4. The van der Waals surface area contributed by atoms with Crippen molar-refractivity contribution in [3.05, 3.63) is 65.2 Å². The molecule has 142 valence electrons. The number of carbonyl (C=O) groups is 2. The van der Waals surface area contributed by atoms with Gasteiger partial charge < -0.3 is 4.74 Å². The van der Waals surface area contributed by atoms with Crippen LogP contribution in [0.5, 0.6) is 5.75 Å². The van der Waals surface area contributed by atoms with Crippen molar-refractivity contribution in [2.45, 2.75) is 12.7 Å². The van der Waals surface area contributed by atoms with Gasteiger partial charge in [0.1, 0.15) is 5.75 Å². The zero-order chi connectivity index (χ0) is 19.6. The third-order valence-electron chi connectivity index (χ3n) is 4.19. The third kappa shape index (κ3) is 4.28. The molecule has 27 heavy (non-hydrogen) atoms. The fourth-order valence-electron chi connectivity index (χ4n) is 2.97. The summed E-state index contributed by atoms with van der Waals surface area (Å²) in [5, 5.41) is 0. The smallest absolute Gasteiger partial charge is 0.401 e. The van der Waals surface area contributed by atoms with Crippen molar-refractivity contribution in [3.63, 3.8) is 0 Å². The second-order valence-corrected chi connectivity index (χ2v) is 6.18. The Morgan fingerprint density at radius 2 is 1.52 bits per heavy atom. The monoisotopic (exact) mass is 378 g/mol. The molecule has 0 N–H and O–H groups in total. The van der Waals surface area contributed by atoms with E-state index in [1.807, 2.05) is 0 Å². The Hall–Kier alpha value is -2.87. The molecule has 2 amide bonds. The highest BCUT2D eigenvalue weighted by molar-refractivity contribution is 6.21. The molecular formula is C19H17F3N2O3. The van der Waals surface area contributed by atoms with Gasteiger partial charge in [-0.15, -0.1) is 0 Å². The average Bonchev–Trinajstić information content (AvgIpc) is 2.86. The van der Waals surface area contributed by atoms with E-state index in [0.29, 0.717) is 11.3 Å². The highest BCUT2D eigenvalue weighted by atomic mass is 19.4. The second kappa shape index (κ2) is 7.40. The quantitative estimate of drug-likeness (QED) is 0.724. The maximum absolute atomic E-state index is 13.0. The van der Waals surface area contributed by atoms with Gasteiger partial charge in [0.25, 0.3) is 11.8 Å². The topological polar surface area (TPSA) is 49.9 Å². The highest BCUT2D eigenvalue weighted by Crippen LogP contribution is 2.25. The SMILES string of the molecule is COc1ccc(CN(CN2C(=O)c3ccccc3C2=O)CC(F)(F)F)cc1. The molecule has 0 saturated carbocycles. The van der Waals surface area contributed by atoms with Crippen LogP contribution >= 0.6 is 0 Å². The average molecular weight is 378 g/mol. The molecule has 2 aromatic carbocycles. The normalized spacial score (nSPS) is 14.0. The number of carbonyl (C=O) groups excluding carboxylic acids is 2. The molecule has 1 aliphatic heterocycles. The summed E-state index contributed by atoms with van der Waals surface area (Å²) >= 11 is 0. The molecule has 5 nitrogen and oxygen atoms in total. The number of fused-ring (bicyclic) bond motifs is 1. The molecule has 2 aromatic rings. The number of nitrogens with zero attached hydrogens (tertiary/aromatic N) is 2. The molecule has 1 aliphatic rings. The summed E-state index contributed by atoms with van der Waals surface area (Å²) in [6.45, 7) is -1.76. The first-order valence-electron chi connectivity index (χ1n) is 8.16. The van der Waals surface area contributed by atoms with E-state index < -0.39 is 31.2 Å². The van der Waals surface area contributed by atoms with Gasteiger partial charge in [0.15, 0.2) is 0 Å². The van der Waals surface area contributed by atoms with E-state index in [1.165, 1.54) is 19.2 Å². The molecule has 0 unspecified atom stereocenters. The van der Waals surface area contributed by atoms with Crippen molar-refractivity contribution < 1.29 is 27.5 Å². The number of methoxy groups -OCH3 is 1. The summed E-state index contributed by atoms with van der Waals surface area (Å²) in [7, 11) is 1.49. The minimum atomic E-state index is -4.47. The number of rotatable bonds is 6. The molecule has 0 bridgehead atoms. The zero-order valence-corrected chi connectivity index (χ0v) is 14.5. The standard InChI is InChI=1S/C19H17F3N2O3/c1-27-14-8-6-13(7-9-14)10-23(11-19(20,21)22)12-24-17(25)15-4-2-3-5-16(15)18(24)26/h2-9H,10-12H2,1H3. The van der Waals surface area contributed by atoms with Crippen molar-refractivity contribution in [1.82, 2.24) is 9.80 Å². The van der Waals surface area contributed by atoms with Crippen LogP contribution in [0.15, 0.2) is 48.5 Å². The largest absolute Gasteiger partial charge is 0.497 e. The van der Waals surface area contributed by atoms with Crippen LogP contribution in [0, 0.1) is 0 Å². The minimum absolute atomic E-state index is 0.0725. The number of benzene rings is 2. The summed E-state index contributed by atoms with van der Waals surface area (Å²) in [5.74, 6) is -0.587. The van der Waals surface area contributed by atoms with E-state index in [9.17, 15) is 22.8 Å². The van der Waals surface area contributed by atoms with Crippen LogP contribution in [0.4, 0.5) is 13.2 Å². The van der Waals surface area contributed by atoms with Gasteiger partial charge in [0.2, 0.25) is 0 Å². The zero-order valence-electron chi connectivity index (χ0n) is 14.5. The van der Waals surface area contributed by atoms with E-state index >= 15 is 0 Å². The Bertz CT molecular complexity index is 815. The summed E-state index contributed by atoms with van der Waals surface area (Å²) in [5.41, 5.74) is 1.02. The van der Waals surface area contributed by atoms with Crippen molar-refractivity contribution >= 4 is 11.8 Å².